The second-order valence-corrected chi connectivity index (χ2v) is 10.5. The number of carbonyl (C=O) groups is 1. The van der Waals surface area contributed by atoms with Crippen molar-refractivity contribution in [2.24, 2.45) is 17.6 Å². The Morgan fingerprint density at radius 3 is 2.31 bits per heavy atom. The Bertz CT molecular complexity index is 1200. The highest BCUT2D eigenvalue weighted by Gasteiger charge is 2.50. The third-order valence-electron chi connectivity index (χ3n) is 7.98. The van der Waals surface area contributed by atoms with Crippen LogP contribution >= 0.6 is 11.6 Å². The van der Waals surface area contributed by atoms with Crippen molar-refractivity contribution in [3.63, 3.8) is 0 Å². The highest BCUT2D eigenvalue weighted by Crippen LogP contribution is 2.56. The molecule has 4 bridgehead atoms. The second kappa shape index (κ2) is 7.48. The molecule has 0 aliphatic heterocycles. The predicted molar refractivity (Wildman–Crippen MR) is 125 cm³/mol. The van der Waals surface area contributed by atoms with Gasteiger partial charge in [0.15, 0.2) is 6.54 Å². The topological polar surface area (TPSA) is 51.9 Å². The molecule has 0 radical (unpaired) electrons. The van der Waals surface area contributed by atoms with Gasteiger partial charge in [-0.25, -0.2) is 0 Å². The molecule has 4 nitrogen and oxygen atoms in total. The third-order valence-corrected chi connectivity index (χ3v) is 8.35. The Labute approximate surface area is 194 Å². The molecule has 0 spiro atoms. The molecule has 2 N–H and O–H groups in total. The zero-order valence-electron chi connectivity index (χ0n) is 18.4. The van der Waals surface area contributed by atoms with E-state index in [0.29, 0.717) is 29.1 Å². The fraction of sp³-hybridized carbons (Fsp3) is 0.407. The fourth-order valence-electron chi connectivity index (χ4n) is 6.87. The molecule has 7 rings (SSSR count). The summed E-state index contributed by atoms with van der Waals surface area (Å²) >= 11 is 6.56. The van der Waals surface area contributed by atoms with Crippen LogP contribution in [-0.4, -0.2) is 10.6 Å². The van der Waals surface area contributed by atoms with E-state index in [2.05, 4.69) is 40.6 Å². The van der Waals surface area contributed by atoms with Crippen molar-refractivity contribution < 1.29 is 9.48 Å². The van der Waals surface area contributed by atoms with Crippen LogP contribution in [0.4, 0.5) is 0 Å². The number of hydrogen-bond donors (Lipinski definition) is 1. The van der Waals surface area contributed by atoms with Gasteiger partial charge in [-0.1, -0.05) is 52.2 Å². The maximum Gasteiger partial charge on any atom is 0.316 e. The van der Waals surface area contributed by atoms with Gasteiger partial charge in [0, 0.05) is 11.5 Å². The summed E-state index contributed by atoms with van der Waals surface area (Å²) in [5, 5.41) is 0.712. The van der Waals surface area contributed by atoms with Crippen LogP contribution in [0.1, 0.15) is 76.8 Å². The Morgan fingerprint density at radius 1 is 1.00 bits per heavy atom. The molecule has 32 heavy (non-hydrogen) atoms. The van der Waals surface area contributed by atoms with E-state index in [1.807, 2.05) is 24.3 Å². The molecule has 2 atom stereocenters. The third kappa shape index (κ3) is 3.11. The molecule has 4 aliphatic rings. The van der Waals surface area contributed by atoms with Crippen molar-refractivity contribution in [2.75, 3.05) is 0 Å². The average molecular weight is 447 g/mol. The predicted octanol–water partition coefficient (Wildman–Crippen LogP) is 5.26. The maximum absolute atomic E-state index is 13.0. The normalized spacial score (nSPS) is 25.6. The van der Waals surface area contributed by atoms with Crippen molar-refractivity contribution in [1.82, 2.24) is 4.68 Å². The molecule has 1 aromatic heterocycles. The number of primary amides is 1. The summed E-state index contributed by atoms with van der Waals surface area (Å²) in [6.07, 6.45) is 6.17. The van der Waals surface area contributed by atoms with Gasteiger partial charge in [0.1, 0.15) is 5.69 Å². The summed E-state index contributed by atoms with van der Waals surface area (Å²) in [6.45, 7) is 2.62. The van der Waals surface area contributed by atoms with Gasteiger partial charge in [-0.05, 0) is 75.0 Å². The number of hydrogen-bond acceptors (Lipinski definition) is 1. The summed E-state index contributed by atoms with van der Waals surface area (Å²) in [5.74, 6) is 2.12. The molecular weight excluding hydrogens is 418 g/mol. The molecule has 1 heterocycles. The Hall–Kier alpha value is -2.59. The van der Waals surface area contributed by atoms with Crippen LogP contribution in [0.5, 0.6) is 0 Å². The molecule has 164 valence electrons. The number of nitrogens with zero attached hydrogens (tertiary/aromatic N) is 2. The minimum absolute atomic E-state index is 0.333. The maximum atomic E-state index is 13.0. The van der Waals surface area contributed by atoms with Gasteiger partial charge in [-0.2, -0.15) is 0 Å². The summed E-state index contributed by atoms with van der Waals surface area (Å²) in [6, 6.07) is 16.5. The molecule has 2 saturated carbocycles. The Balaban J connectivity index is 1.64. The van der Waals surface area contributed by atoms with Crippen LogP contribution in [-0.2, 0) is 6.54 Å². The number of carbonyl (C=O) groups excluding carboxylic acids is 1. The second-order valence-electron chi connectivity index (χ2n) is 10.1. The molecule has 0 saturated heterocycles. The highest BCUT2D eigenvalue weighted by molar-refractivity contribution is 6.31. The minimum Gasteiger partial charge on any atom is -0.360 e. The first-order valence-corrected chi connectivity index (χ1v) is 12.2. The summed E-state index contributed by atoms with van der Waals surface area (Å²) in [4.78, 5) is 13.0. The Morgan fingerprint density at radius 2 is 1.66 bits per heavy atom. The number of aromatic nitrogens is 2. The average Bonchev–Trinajstić information content (AvgIpc) is 3.01. The molecule has 2 aromatic carbocycles. The monoisotopic (exact) mass is 446 g/mol. The van der Waals surface area contributed by atoms with Gasteiger partial charge >= 0.3 is 5.91 Å². The first-order chi connectivity index (χ1) is 15.5. The first-order valence-electron chi connectivity index (χ1n) is 11.8. The lowest BCUT2D eigenvalue weighted by molar-refractivity contribution is -0.761. The van der Waals surface area contributed by atoms with E-state index in [-0.39, 0.29) is 5.91 Å². The van der Waals surface area contributed by atoms with E-state index in [4.69, 9.17) is 17.3 Å². The standard InChI is InChI=1S/C27H28ClN3O/c1-16-6-8-22(9-7-16)31-25-21-13-17-10-18(14-21)12-20(11-17)24(25)26(27(29)32)30(31)15-19-4-2-3-5-23(19)28/h2-9,17-18,20-21H,10-15H2,1H3,(H-,29,32)/p+1. The number of aryl methyl sites for hydroxylation is 1. The Kier molecular flexibility index (Phi) is 4.69. The van der Waals surface area contributed by atoms with Gasteiger partial charge in [0.05, 0.1) is 16.3 Å². The lowest BCUT2D eigenvalue weighted by atomic mass is 9.67. The first kappa shape index (κ1) is 20.0. The van der Waals surface area contributed by atoms with E-state index >= 15 is 0 Å². The molecule has 2 fully saturated rings. The summed E-state index contributed by atoms with van der Waals surface area (Å²) in [7, 11) is 0. The minimum atomic E-state index is -0.333. The van der Waals surface area contributed by atoms with Crippen LogP contribution in [0.2, 0.25) is 5.02 Å². The molecule has 3 aromatic rings. The van der Waals surface area contributed by atoms with Gasteiger partial charge in [-0.3, -0.25) is 4.79 Å². The fourth-order valence-corrected chi connectivity index (χ4v) is 7.07. The van der Waals surface area contributed by atoms with E-state index in [1.165, 1.54) is 48.9 Å². The molecule has 1 amide bonds. The zero-order valence-corrected chi connectivity index (χ0v) is 19.2. The lowest BCUT2D eigenvalue weighted by Crippen LogP contribution is -2.49. The summed E-state index contributed by atoms with van der Waals surface area (Å²) < 4.78 is 4.42. The number of amides is 1. The van der Waals surface area contributed by atoms with Crippen molar-refractivity contribution in [2.45, 2.75) is 57.4 Å². The highest BCUT2D eigenvalue weighted by atomic mass is 35.5. The lowest BCUT2D eigenvalue weighted by Gasteiger charge is -2.38. The van der Waals surface area contributed by atoms with Crippen molar-refractivity contribution in [3.8, 4) is 5.69 Å². The summed E-state index contributed by atoms with van der Waals surface area (Å²) in [5.41, 5.74) is 12.7. The van der Waals surface area contributed by atoms with Crippen LogP contribution < -0.4 is 10.4 Å². The smallest absolute Gasteiger partial charge is 0.316 e. The zero-order chi connectivity index (χ0) is 22.0. The van der Waals surface area contributed by atoms with Crippen molar-refractivity contribution in [3.05, 3.63) is 81.6 Å². The van der Waals surface area contributed by atoms with Gasteiger partial charge in [-0.15, -0.1) is 4.68 Å². The van der Waals surface area contributed by atoms with Crippen LogP contribution in [0.25, 0.3) is 5.69 Å². The van der Waals surface area contributed by atoms with E-state index < -0.39 is 0 Å². The van der Waals surface area contributed by atoms with Gasteiger partial charge < -0.3 is 5.73 Å². The van der Waals surface area contributed by atoms with Gasteiger partial charge in [0.2, 0.25) is 0 Å². The molecule has 5 heteroatoms. The van der Waals surface area contributed by atoms with Gasteiger partial charge in [0.25, 0.3) is 5.69 Å². The van der Waals surface area contributed by atoms with Crippen molar-refractivity contribution in [1.29, 1.82) is 0 Å². The van der Waals surface area contributed by atoms with E-state index in [0.717, 1.165) is 23.1 Å². The van der Waals surface area contributed by atoms with Crippen LogP contribution in [0, 0.1) is 18.8 Å². The van der Waals surface area contributed by atoms with E-state index in [1.54, 1.807) is 0 Å². The van der Waals surface area contributed by atoms with Crippen LogP contribution in [0.15, 0.2) is 48.5 Å². The SMILES string of the molecule is Cc1ccc(-n2c3c(c(C(N)=O)[n+]2Cc2ccccc2Cl)C2CC4CC(C2)CC3C4)cc1. The molecule has 4 aliphatic carbocycles. The van der Waals surface area contributed by atoms with Crippen LogP contribution in [0.3, 0.4) is 0 Å². The molecule has 2 unspecified atom stereocenters. The largest absolute Gasteiger partial charge is 0.360 e. The number of nitrogens with two attached hydrogens (primary N) is 1. The molecular formula is C27H29ClN3O+. The van der Waals surface area contributed by atoms with E-state index in [9.17, 15) is 4.79 Å². The van der Waals surface area contributed by atoms with Crippen molar-refractivity contribution >= 4 is 17.5 Å². The number of benzene rings is 2. The number of halogens is 1. The number of rotatable bonds is 4. The quantitative estimate of drug-likeness (QED) is 0.545.